The zero-order valence-electron chi connectivity index (χ0n) is 11.3. The molecule has 2 heterocycles. The van der Waals surface area contributed by atoms with E-state index in [0.717, 1.165) is 12.1 Å². The fourth-order valence-electron chi connectivity index (χ4n) is 2.50. The van der Waals surface area contributed by atoms with Crippen molar-refractivity contribution in [2.75, 3.05) is 18.0 Å². The molecule has 0 radical (unpaired) electrons. The Balaban J connectivity index is 2.11. The van der Waals surface area contributed by atoms with Crippen molar-refractivity contribution in [1.29, 1.82) is 0 Å². The largest absolute Gasteiger partial charge is 0.481 e. The van der Waals surface area contributed by atoms with E-state index in [9.17, 15) is 14.9 Å². The quantitative estimate of drug-likeness (QED) is 0.654. The van der Waals surface area contributed by atoms with Gasteiger partial charge in [-0.25, -0.2) is 4.98 Å². The highest BCUT2D eigenvalue weighted by atomic mass is 16.6. The highest BCUT2D eigenvalue weighted by molar-refractivity contribution is 5.66. The number of anilines is 1. The lowest BCUT2D eigenvalue weighted by Crippen LogP contribution is -2.22. The Morgan fingerprint density at radius 2 is 2.35 bits per heavy atom. The molecular formula is C13H17N3O4. The number of carbonyl (C=O) groups is 1. The summed E-state index contributed by atoms with van der Waals surface area (Å²) in [6, 6.07) is 3.10. The van der Waals surface area contributed by atoms with E-state index in [0.29, 0.717) is 25.3 Å². The minimum atomic E-state index is -0.803. The molecule has 1 aliphatic heterocycles. The third-order valence-corrected chi connectivity index (χ3v) is 3.54. The molecule has 108 valence electrons. The van der Waals surface area contributed by atoms with Gasteiger partial charge in [-0.2, -0.15) is 0 Å². The molecule has 1 aliphatic rings. The molecule has 0 saturated carbocycles. The molecule has 1 saturated heterocycles. The van der Waals surface area contributed by atoms with E-state index < -0.39 is 10.9 Å². The molecular weight excluding hydrogens is 262 g/mol. The number of aryl methyl sites for hydroxylation is 1. The molecule has 1 aromatic rings. The first-order chi connectivity index (χ1) is 9.47. The summed E-state index contributed by atoms with van der Waals surface area (Å²) in [6.45, 7) is 3.11. The highest BCUT2D eigenvalue weighted by Gasteiger charge is 2.29. The van der Waals surface area contributed by atoms with Crippen molar-refractivity contribution in [1.82, 2.24) is 4.98 Å². The van der Waals surface area contributed by atoms with Gasteiger partial charge in [-0.3, -0.25) is 14.9 Å². The molecule has 7 nitrogen and oxygen atoms in total. The third kappa shape index (κ3) is 3.23. The van der Waals surface area contributed by atoms with E-state index in [1.165, 1.54) is 6.07 Å². The molecule has 7 heteroatoms. The first-order valence-electron chi connectivity index (χ1n) is 6.56. The van der Waals surface area contributed by atoms with Gasteiger partial charge in [-0.1, -0.05) is 0 Å². The van der Waals surface area contributed by atoms with Crippen molar-refractivity contribution >= 4 is 17.5 Å². The normalized spacial score (nSPS) is 18.2. The van der Waals surface area contributed by atoms with Gasteiger partial charge in [0, 0.05) is 31.3 Å². The van der Waals surface area contributed by atoms with Crippen LogP contribution in [0.1, 0.15) is 25.0 Å². The monoisotopic (exact) mass is 279 g/mol. The zero-order chi connectivity index (χ0) is 14.7. The Bertz CT molecular complexity index is 532. The number of aromatic nitrogens is 1. The Labute approximate surface area is 116 Å². The lowest BCUT2D eigenvalue weighted by atomic mass is 10.0. The summed E-state index contributed by atoms with van der Waals surface area (Å²) in [5, 5.41) is 19.7. The van der Waals surface area contributed by atoms with Crippen molar-refractivity contribution in [3.05, 3.63) is 27.9 Å². The first-order valence-corrected chi connectivity index (χ1v) is 6.56. The van der Waals surface area contributed by atoms with Gasteiger partial charge >= 0.3 is 11.7 Å². The maximum atomic E-state index is 11.0. The summed E-state index contributed by atoms with van der Waals surface area (Å²) < 4.78 is 0. The molecule has 0 spiro atoms. The van der Waals surface area contributed by atoms with E-state index in [-0.39, 0.29) is 18.0 Å². The summed E-state index contributed by atoms with van der Waals surface area (Å²) in [4.78, 5) is 27.4. The molecule has 0 bridgehead atoms. The van der Waals surface area contributed by atoms with Gasteiger partial charge in [0.15, 0.2) is 0 Å². The fourth-order valence-corrected chi connectivity index (χ4v) is 2.50. The number of rotatable bonds is 5. The Kier molecular flexibility index (Phi) is 4.16. The van der Waals surface area contributed by atoms with Crippen LogP contribution in [0.3, 0.4) is 0 Å². The summed E-state index contributed by atoms with van der Waals surface area (Å²) in [6.07, 6.45) is 1.59. The summed E-state index contributed by atoms with van der Waals surface area (Å²) in [7, 11) is 0. The third-order valence-electron chi connectivity index (χ3n) is 3.54. The van der Waals surface area contributed by atoms with Crippen LogP contribution in [-0.2, 0) is 4.79 Å². The zero-order valence-corrected chi connectivity index (χ0v) is 11.3. The number of nitrogens with zero attached hydrogens (tertiary/aromatic N) is 3. The maximum absolute atomic E-state index is 11.0. The van der Waals surface area contributed by atoms with Gasteiger partial charge in [0.25, 0.3) is 0 Å². The van der Waals surface area contributed by atoms with Crippen LogP contribution in [0.2, 0.25) is 0 Å². The number of nitro groups is 1. The van der Waals surface area contributed by atoms with Gasteiger partial charge in [-0.05, 0) is 31.7 Å². The number of hydrogen-bond acceptors (Lipinski definition) is 5. The van der Waals surface area contributed by atoms with Crippen LogP contribution in [0, 0.1) is 23.0 Å². The van der Waals surface area contributed by atoms with Crippen LogP contribution < -0.4 is 4.90 Å². The topological polar surface area (TPSA) is 96.6 Å². The number of aliphatic carboxylic acids is 1. The fraction of sp³-hybridized carbons (Fsp3) is 0.538. The molecule has 2 rings (SSSR count). The van der Waals surface area contributed by atoms with Gasteiger partial charge in [0.2, 0.25) is 5.82 Å². The highest BCUT2D eigenvalue weighted by Crippen LogP contribution is 2.31. The molecule has 1 atom stereocenters. The Hall–Kier alpha value is -2.18. The molecule has 1 aromatic heterocycles. The van der Waals surface area contributed by atoms with Crippen LogP contribution in [0.15, 0.2) is 12.1 Å². The lowest BCUT2D eigenvalue weighted by Gasteiger charge is -2.17. The van der Waals surface area contributed by atoms with Gasteiger partial charge < -0.3 is 10.0 Å². The van der Waals surface area contributed by atoms with E-state index in [2.05, 4.69) is 4.98 Å². The molecule has 1 fully saturated rings. The predicted octanol–water partition coefficient (Wildman–Crippen LogP) is 1.99. The van der Waals surface area contributed by atoms with Crippen molar-refractivity contribution in [2.45, 2.75) is 26.2 Å². The van der Waals surface area contributed by atoms with Gasteiger partial charge in [0.1, 0.15) is 0 Å². The van der Waals surface area contributed by atoms with Crippen LogP contribution in [0.25, 0.3) is 0 Å². The van der Waals surface area contributed by atoms with Crippen molar-refractivity contribution in [3.8, 4) is 0 Å². The Morgan fingerprint density at radius 3 is 3.00 bits per heavy atom. The minimum Gasteiger partial charge on any atom is -0.481 e. The van der Waals surface area contributed by atoms with Crippen LogP contribution in [0.5, 0.6) is 0 Å². The average Bonchev–Trinajstić information content (AvgIpc) is 2.84. The maximum Gasteiger partial charge on any atom is 0.311 e. The first kappa shape index (κ1) is 14.2. The van der Waals surface area contributed by atoms with Crippen molar-refractivity contribution in [2.24, 2.45) is 5.92 Å². The van der Waals surface area contributed by atoms with Gasteiger partial charge in [0.05, 0.1) is 4.92 Å². The second-order valence-corrected chi connectivity index (χ2v) is 5.09. The van der Waals surface area contributed by atoms with Crippen LogP contribution in [0.4, 0.5) is 11.5 Å². The van der Waals surface area contributed by atoms with E-state index in [1.807, 2.05) is 4.90 Å². The number of carboxylic acid groups (broad SMARTS) is 1. The second kappa shape index (κ2) is 5.85. The standard InChI is InChI=1S/C13H17N3O4/c1-9-2-4-11(16(19)20)13(14-9)15-7-6-10(8-15)3-5-12(17)18/h2,4,10H,3,5-8H2,1H3,(H,17,18). The lowest BCUT2D eigenvalue weighted by molar-refractivity contribution is -0.384. The van der Waals surface area contributed by atoms with E-state index >= 15 is 0 Å². The predicted molar refractivity (Wildman–Crippen MR) is 72.8 cm³/mol. The molecule has 1 unspecified atom stereocenters. The summed E-state index contributed by atoms with van der Waals surface area (Å²) in [5.41, 5.74) is 0.745. The molecule has 1 N–H and O–H groups in total. The second-order valence-electron chi connectivity index (χ2n) is 5.09. The minimum absolute atomic E-state index is 0.00878. The smallest absolute Gasteiger partial charge is 0.311 e. The average molecular weight is 279 g/mol. The summed E-state index contributed by atoms with van der Waals surface area (Å²) in [5.74, 6) is -0.149. The number of carboxylic acids is 1. The van der Waals surface area contributed by atoms with Crippen LogP contribution >= 0.6 is 0 Å². The molecule has 20 heavy (non-hydrogen) atoms. The molecule has 0 amide bonds. The van der Waals surface area contributed by atoms with Gasteiger partial charge in [-0.15, -0.1) is 0 Å². The van der Waals surface area contributed by atoms with E-state index in [1.54, 1.807) is 13.0 Å². The SMILES string of the molecule is Cc1ccc([N+](=O)[O-])c(N2CCC(CCC(=O)O)C2)n1. The molecule has 0 aromatic carbocycles. The van der Waals surface area contributed by atoms with E-state index in [4.69, 9.17) is 5.11 Å². The van der Waals surface area contributed by atoms with Crippen molar-refractivity contribution in [3.63, 3.8) is 0 Å². The van der Waals surface area contributed by atoms with Crippen LogP contribution in [-0.4, -0.2) is 34.1 Å². The number of pyridine rings is 1. The Morgan fingerprint density at radius 1 is 1.60 bits per heavy atom. The molecule has 0 aliphatic carbocycles. The summed E-state index contributed by atoms with van der Waals surface area (Å²) >= 11 is 0. The number of hydrogen-bond donors (Lipinski definition) is 1. The van der Waals surface area contributed by atoms with Crippen molar-refractivity contribution < 1.29 is 14.8 Å².